The SMILES string of the molecule is O=C(NCCCc1ccccc1)Nc1cccc(CCNCC(O)c2ccc(O)c(CO)c2)c1. The molecular weight excluding hydrogens is 430 g/mol. The van der Waals surface area contributed by atoms with E-state index >= 15 is 0 Å². The van der Waals surface area contributed by atoms with Gasteiger partial charge in [0, 0.05) is 24.3 Å². The summed E-state index contributed by atoms with van der Waals surface area (Å²) >= 11 is 0. The van der Waals surface area contributed by atoms with Crippen LogP contribution in [0.25, 0.3) is 0 Å². The van der Waals surface area contributed by atoms with E-state index in [0.29, 0.717) is 30.8 Å². The minimum absolute atomic E-state index is 0.0146. The lowest BCUT2D eigenvalue weighted by Crippen LogP contribution is -2.29. The van der Waals surface area contributed by atoms with Crippen molar-refractivity contribution < 1.29 is 20.1 Å². The van der Waals surface area contributed by atoms with Gasteiger partial charge in [0.05, 0.1) is 12.7 Å². The molecule has 0 aliphatic rings. The molecule has 3 rings (SSSR count). The maximum atomic E-state index is 12.2. The van der Waals surface area contributed by atoms with Crippen LogP contribution in [-0.4, -0.2) is 41.0 Å². The van der Waals surface area contributed by atoms with Crippen molar-refractivity contribution in [2.45, 2.75) is 32.0 Å². The van der Waals surface area contributed by atoms with Crippen molar-refractivity contribution in [1.82, 2.24) is 10.6 Å². The van der Waals surface area contributed by atoms with Crippen molar-refractivity contribution >= 4 is 11.7 Å². The summed E-state index contributed by atoms with van der Waals surface area (Å²) in [5.74, 6) is 0.0146. The van der Waals surface area contributed by atoms with Crippen LogP contribution >= 0.6 is 0 Å². The molecule has 7 nitrogen and oxygen atoms in total. The normalized spacial score (nSPS) is 11.7. The molecule has 0 aliphatic heterocycles. The maximum Gasteiger partial charge on any atom is 0.319 e. The lowest BCUT2D eigenvalue weighted by Gasteiger charge is -2.14. The number of benzene rings is 3. The van der Waals surface area contributed by atoms with Crippen molar-refractivity contribution in [1.29, 1.82) is 0 Å². The summed E-state index contributed by atoms with van der Waals surface area (Å²) in [5, 5.41) is 38.2. The predicted octanol–water partition coefficient (Wildman–Crippen LogP) is 3.50. The Hall–Kier alpha value is -3.39. The van der Waals surface area contributed by atoms with Crippen LogP contribution in [0.5, 0.6) is 5.75 Å². The van der Waals surface area contributed by atoms with Gasteiger partial charge in [-0.25, -0.2) is 4.79 Å². The Kier molecular flexibility index (Phi) is 9.91. The van der Waals surface area contributed by atoms with E-state index < -0.39 is 6.10 Å². The first-order valence-corrected chi connectivity index (χ1v) is 11.5. The van der Waals surface area contributed by atoms with E-state index in [1.54, 1.807) is 12.1 Å². The smallest absolute Gasteiger partial charge is 0.319 e. The molecule has 180 valence electrons. The highest BCUT2D eigenvalue weighted by atomic mass is 16.3. The zero-order valence-corrected chi connectivity index (χ0v) is 19.2. The monoisotopic (exact) mass is 463 g/mol. The molecule has 1 unspecified atom stereocenters. The predicted molar refractivity (Wildman–Crippen MR) is 134 cm³/mol. The van der Waals surface area contributed by atoms with Gasteiger partial charge in [0.2, 0.25) is 0 Å². The van der Waals surface area contributed by atoms with Crippen LogP contribution in [0, 0.1) is 0 Å². The minimum Gasteiger partial charge on any atom is -0.508 e. The Labute approximate surface area is 200 Å². The average molecular weight is 464 g/mol. The first-order valence-electron chi connectivity index (χ1n) is 11.5. The molecule has 6 N–H and O–H groups in total. The highest BCUT2D eigenvalue weighted by Gasteiger charge is 2.10. The second kappa shape index (κ2) is 13.3. The van der Waals surface area contributed by atoms with Gasteiger partial charge >= 0.3 is 6.03 Å². The van der Waals surface area contributed by atoms with E-state index in [1.807, 2.05) is 42.5 Å². The zero-order valence-electron chi connectivity index (χ0n) is 19.2. The van der Waals surface area contributed by atoms with Gasteiger partial charge in [0.25, 0.3) is 0 Å². The lowest BCUT2D eigenvalue weighted by atomic mass is 10.1. The second-order valence-electron chi connectivity index (χ2n) is 8.19. The van der Waals surface area contributed by atoms with Crippen LogP contribution in [0.4, 0.5) is 10.5 Å². The average Bonchev–Trinajstić information content (AvgIpc) is 2.85. The molecule has 1 atom stereocenters. The maximum absolute atomic E-state index is 12.2. The van der Waals surface area contributed by atoms with Crippen molar-refractivity contribution in [2.75, 3.05) is 25.0 Å². The number of aryl methyl sites for hydroxylation is 1. The van der Waals surface area contributed by atoms with Crippen LogP contribution in [0.2, 0.25) is 0 Å². The van der Waals surface area contributed by atoms with E-state index in [0.717, 1.165) is 30.5 Å². The van der Waals surface area contributed by atoms with Crippen molar-refractivity contribution in [2.24, 2.45) is 0 Å². The number of carbonyl (C=O) groups excluding carboxylic acids is 1. The number of aliphatic hydroxyl groups excluding tert-OH is 2. The number of urea groups is 1. The fourth-order valence-corrected chi connectivity index (χ4v) is 3.65. The number of phenols is 1. The third-order valence-electron chi connectivity index (χ3n) is 5.54. The number of aromatic hydroxyl groups is 1. The second-order valence-corrected chi connectivity index (χ2v) is 8.19. The van der Waals surface area contributed by atoms with Crippen molar-refractivity contribution in [3.63, 3.8) is 0 Å². The Morgan fingerprint density at radius 2 is 1.68 bits per heavy atom. The zero-order chi connectivity index (χ0) is 24.2. The molecule has 0 heterocycles. The number of aliphatic hydroxyl groups is 2. The number of nitrogens with one attached hydrogen (secondary N) is 3. The van der Waals surface area contributed by atoms with E-state index in [1.165, 1.54) is 11.6 Å². The fourth-order valence-electron chi connectivity index (χ4n) is 3.65. The topological polar surface area (TPSA) is 114 Å². The van der Waals surface area contributed by atoms with E-state index in [-0.39, 0.29) is 18.4 Å². The Morgan fingerprint density at radius 1 is 0.882 bits per heavy atom. The summed E-state index contributed by atoms with van der Waals surface area (Å²) in [7, 11) is 0. The molecule has 0 fully saturated rings. The number of hydrogen-bond acceptors (Lipinski definition) is 5. The largest absolute Gasteiger partial charge is 0.508 e. The summed E-state index contributed by atoms with van der Waals surface area (Å²) in [4.78, 5) is 12.2. The summed E-state index contributed by atoms with van der Waals surface area (Å²) in [6.45, 7) is 1.32. The molecule has 0 aliphatic carbocycles. The van der Waals surface area contributed by atoms with E-state index in [9.17, 15) is 20.1 Å². The van der Waals surface area contributed by atoms with Crippen LogP contribution in [-0.2, 0) is 19.4 Å². The standard InChI is InChI=1S/C27H33N3O4/c31-19-23-17-22(11-12-25(23)32)26(33)18-28-15-13-21-8-4-10-24(16-21)30-27(34)29-14-5-9-20-6-2-1-3-7-20/h1-4,6-8,10-12,16-17,26,28,31-33H,5,9,13-15,18-19H2,(H2,29,30,34). The first-order chi connectivity index (χ1) is 16.5. The van der Waals surface area contributed by atoms with E-state index in [2.05, 4.69) is 28.1 Å². The minimum atomic E-state index is -0.746. The molecule has 0 saturated heterocycles. The van der Waals surface area contributed by atoms with Crippen molar-refractivity contribution in [3.05, 3.63) is 95.1 Å². The first kappa shape index (κ1) is 25.2. The van der Waals surface area contributed by atoms with Gasteiger partial charge in [-0.15, -0.1) is 0 Å². The highest BCUT2D eigenvalue weighted by molar-refractivity contribution is 5.89. The molecule has 34 heavy (non-hydrogen) atoms. The van der Waals surface area contributed by atoms with Crippen LogP contribution < -0.4 is 16.0 Å². The summed E-state index contributed by atoms with van der Waals surface area (Å²) in [6.07, 6.45) is 1.79. The van der Waals surface area contributed by atoms with Gasteiger partial charge in [0.15, 0.2) is 0 Å². The molecule has 3 aromatic carbocycles. The molecule has 0 spiro atoms. The number of anilines is 1. The van der Waals surface area contributed by atoms with Gasteiger partial charge in [-0.1, -0.05) is 48.5 Å². The van der Waals surface area contributed by atoms with Gasteiger partial charge in [-0.05, 0) is 66.8 Å². The number of carbonyl (C=O) groups is 1. The third kappa shape index (κ3) is 8.19. The quantitative estimate of drug-likeness (QED) is 0.230. The molecular formula is C27H33N3O4. The summed E-state index contributed by atoms with van der Waals surface area (Å²) in [6, 6.07) is 22.4. The Bertz CT molecular complexity index is 1040. The van der Waals surface area contributed by atoms with Crippen LogP contribution in [0.3, 0.4) is 0 Å². The third-order valence-corrected chi connectivity index (χ3v) is 5.54. The molecule has 7 heteroatoms. The Balaban J connectivity index is 1.36. The summed E-state index contributed by atoms with van der Waals surface area (Å²) in [5.41, 5.74) is 4.09. The molecule has 0 saturated carbocycles. The number of rotatable bonds is 12. The molecule has 2 amide bonds. The van der Waals surface area contributed by atoms with Gasteiger partial charge in [-0.3, -0.25) is 0 Å². The van der Waals surface area contributed by atoms with Gasteiger partial charge in [0.1, 0.15) is 5.75 Å². The van der Waals surface area contributed by atoms with Crippen LogP contribution in [0.1, 0.15) is 34.8 Å². The number of amides is 2. The van der Waals surface area contributed by atoms with Gasteiger partial charge in [-0.2, -0.15) is 0 Å². The molecule has 0 radical (unpaired) electrons. The highest BCUT2D eigenvalue weighted by Crippen LogP contribution is 2.22. The number of hydrogen-bond donors (Lipinski definition) is 6. The van der Waals surface area contributed by atoms with Crippen LogP contribution in [0.15, 0.2) is 72.8 Å². The van der Waals surface area contributed by atoms with E-state index in [4.69, 9.17) is 0 Å². The molecule has 0 aromatic heterocycles. The lowest BCUT2D eigenvalue weighted by molar-refractivity contribution is 0.174. The Morgan fingerprint density at radius 3 is 2.47 bits per heavy atom. The summed E-state index contributed by atoms with van der Waals surface area (Å²) < 4.78 is 0. The fraction of sp³-hybridized carbons (Fsp3) is 0.296. The molecule has 3 aromatic rings. The van der Waals surface area contributed by atoms with Crippen molar-refractivity contribution in [3.8, 4) is 5.75 Å². The molecule has 0 bridgehead atoms. The van der Waals surface area contributed by atoms with Gasteiger partial charge < -0.3 is 31.3 Å².